The molecule has 14 heteroatoms. The van der Waals surface area contributed by atoms with E-state index in [4.69, 9.17) is 14.5 Å². The number of thiazole rings is 1. The van der Waals surface area contributed by atoms with Crippen LogP contribution in [0.2, 0.25) is 0 Å². The Morgan fingerprint density at radius 2 is 2.12 bits per heavy atom. The number of aliphatic imine (C=N–C) groups is 1. The van der Waals surface area contributed by atoms with Crippen molar-refractivity contribution in [2.24, 2.45) is 4.99 Å². The van der Waals surface area contributed by atoms with Crippen LogP contribution in [0.5, 0.6) is 0 Å². The number of likely N-dealkylation sites (N-methyl/N-ethyl adjacent to an activating group) is 1. The number of nitrogens with one attached hydrogen (secondary N) is 1. The van der Waals surface area contributed by atoms with Crippen LogP contribution in [0.4, 0.5) is 4.39 Å². The number of amidine groups is 1. The number of carbonyl (C=O) groups is 3. The predicted molar refractivity (Wildman–Crippen MR) is 148 cm³/mol. The van der Waals surface area contributed by atoms with Crippen molar-refractivity contribution in [1.82, 2.24) is 20.1 Å². The molecular weight excluding hydrogens is 609 g/mol. The second-order valence-corrected chi connectivity index (χ2v) is 10.7. The van der Waals surface area contributed by atoms with Gasteiger partial charge in [0.1, 0.15) is 18.5 Å². The Labute approximate surface area is 242 Å². The highest BCUT2D eigenvalue weighted by atomic mass is 79.9. The maximum Gasteiger partial charge on any atom is 0.335 e. The molecule has 4 rings (SSSR count). The number of carbonyl (C=O) groups excluding carboxylic acids is 2. The Hall–Kier alpha value is -3.20. The maximum absolute atomic E-state index is 14.0. The Kier molecular flexibility index (Phi) is 10.0. The number of amides is 1. The molecule has 2 N–H and O–H groups in total. The summed E-state index contributed by atoms with van der Waals surface area (Å²) in [6.45, 7) is 4.85. The Balaban J connectivity index is 1.68. The summed E-state index contributed by atoms with van der Waals surface area (Å²) in [5, 5.41) is 15.4. The van der Waals surface area contributed by atoms with Gasteiger partial charge in [-0.1, -0.05) is 22.0 Å². The molecule has 214 valence electrons. The average molecular weight is 639 g/mol. The van der Waals surface area contributed by atoms with Crippen LogP contribution in [0.15, 0.2) is 50.5 Å². The first-order valence-corrected chi connectivity index (χ1v) is 14.3. The summed E-state index contributed by atoms with van der Waals surface area (Å²) in [5.74, 6) is -2.12. The highest BCUT2D eigenvalue weighted by Crippen LogP contribution is 2.40. The van der Waals surface area contributed by atoms with Crippen LogP contribution in [0.3, 0.4) is 0 Å². The van der Waals surface area contributed by atoms with Crippen LogP contribution in [-0.2, 0) is 23.9 Å². The van der Waals surface area contributed by atoms with Gasteiger partial charge in [0, 0.05) is 42.2 Å². The van der Waals surface area contributed by atoms with Crippen molar-refractivity contribution < 1.29 is 33.4 Å². The van der Waals surface area contributed by atoms with Gasteiger partial charge in [0.05, 0.1) is 30.5 Å². The zero-order valence-corrected chi connectivity index (χ0v) is 24.3. The summed E-state index contributed by atoms with van der Waals surface area (Å²) < 4.78 is 24.9. The quantitative estimate of drug-likeness (QED) is 0.377. The van der Waals surface area contributed by atoms with E-state index in [0.717, 1.165) is 0 Å². The number of carboxylic acids is 1. The van der Waals surface area contributed by atoms with E-state index in [1.165, 1.54) is 23.5 Å². The molecule has 1 saturated heterocycles. The van der Waals surface area contributed by atoms with Gasteiger partial charge in [-0.3, -0.25) is 14.5 Å². The van der Waals surface area contributed by atoms with E-state index in [1.807, 2.05) is 22.1 Å². The second kappa shape index (κ2) is 13.4. The van der Waals surface area contributed by atoms with E-state index in [1.54, 1.807) is 19.2 Å². The molecule has 0 saturated carbocycles. The lowest BCUT2D eigenvalue weighted by Gasteiger charge is -2.39. The number of aromatic nitrogens is 1. The molecule has 1 aromatic heterocycles. The van der Waals surface area contributed by atoms with Crippen molar-refractivity contribution in [3.63, 3.8) is 0 Å². The predicted octanol–water partition coefficient (Wildman–Crippen LogP) is 2.59. The smallest absolute Gasteiger partial charge is 0.335 e. The van der Waals surface area contributed by atoms with Crippen molar-refractivity contribution in [2.45, 2.75) is 26.0 Å². The first-order valence-electron chi connectivity index (χ1n) is 12.7. The molecule has 1 fully saturated rings. The molecule has 3 heterocycles. The van der Waals surface area contributed by atoms with Crippen LogP contribution in [0.25, 0.3) is 0 Å². The third-order valence-electron chi connectivity index (χ3n) is 6.39. The Morgan fingerprint density at radius 3 is 2.77 bits per heavy atom. The van der Waals surface area contributed by atoms with Gasteiger partial charge in [0.25, 0.3) is 5.91 Å². The lowest BCUT2D eigenvalue weighted by atomic mass is 9.93. The van der Waals surface area contributed by atoms with Crippen molar-refractivity contribution in [2.75, 3.05) is 45.9 Å². The molecule has 2 aliphatic rings. The van der Waals surface area contributed by atoms with Gasteiger partial charge in [-0.25, -0.2) is 19.2 Å². The van der Waals surface area contributed by atoms with Gasteiger partial charge in [-0.15, -0.1) is 11.3 Å². The summed E-state index contributed by atoms with van der Waals surface area (Å²) in [6, 6.07) is 3.38. The zero-order valence-electron chi connectivity index (χ0n) is 21.9. The monoisotopic (exact) mass is 637 g/mol. The fraction of sp³-hybridized carbons (Fsp3) is 0.423. The number of esters is 1. The van der Waals surface area contributed by atoms with Crippen LogP contribution in [0.1, 0.15) is 30.5 Å². The van der Waals surface area contributed by atoms with Crippen molar-refractivity contribution >= 4 is 50.9 Å². The van der Waals surface area contributed by atoms with E-state index in [0.29, 0.717) is 39.7 Å². The Bertz CT molecular complexity index is 1320. The molecule has 1 amide bonds. The molecule has 0 bridgehead atoms. The number of rotatable bonds is 10. The highest BCUT2D eigenvalue weighted by molar-refractivity contribution is 9.10. The molecule has 2 atom stereocenters. The normalized spacial score (nSPS) is 19.8. The number of halogens is 2. The minimum absolute atomic E-state index is 0.0456. The molecule has 2 aromatic rings. The first-order chi connectivity index (χ1) is 19.2. The fourth-order valence-corrected chi connectivity index (χ4v) is 5.84. The molecule has 11 nitrogen and oxygen atoms in total. The van der Waals surface area contributed by atoms with Gasteiger partial charge in [-0.2, -0.15) is 0 Å². The van der Waals surface area contributed by atoms with Crippen molar-refractivity contribution in [3.8, 4) is 0 Å². The average Bonchev–Trinajstić information content (AvgIpc) is 3.46. The van der Waals surface area contributed by atoms with Gasteiger partial charge in [-0.05, 0) is 31.5 Å². The lowest BCUT2D eigenvalue weighted by Crippen LogP contribution is -2.51. The third-order valence-corrected chi connectivity index (χ3v) is 7.85. The summed E-state index contributed by atoms with van der Waals surface area (Å²) in [5.41, 5.74) is 0.917. The number of ether oxygens (including phenoxy) is 2. The molecule has 0 aliphatic carbocycles. The number of hydrogen-bond acceptors (Lipinski definition) is 10. The van der Waals surface area contributed by atoms with Gasteiger partial charge >= 0.3 is 11.9 Å². The topological polar surface area (TPSA) is 134 Å². The minimum Gasteiger partial charge on any atom is -0.478 e. The van der Waals surface area contributed by atoms with Gasteiger partial charge in [0.15, 0.2) is 10.8 Å². The van der Waals surface area contributed by atoms with E-state index in [9.17, 15) is 23.9 Å². The molecule has 0 radical (unpaired) electrons. The molecule has 2 aliphatic heterocycles. The van der Waals surface area contributed by atoms with Crippen LogP contribution < -0.4 is 5.32 Å². The van der Waals surface area contributed by atoms with Crippen LogP contribution in [-0.4, -0.2) is 95.6 Å². The maximum atomic E-state index is 14.0. The number of benzene rings is 1. The number of aliphatic carboxylic acids is 1. The lowest BCUT2D eigenvalue weighted by molar-refractivity contribution is -0.146. The number of hydrogen-bond donors (Lipinski definition) is 2. The molecular formula is C26H29BrFN5O6S. The molecule has 1 aromatic carbocycles. The minimum atomic E-state index is -1.16. The third kappa shape index (κ3) is 6.74. The second-order valence-electron chi connectivity index (χ2n) is 8.91. The molecule has 0 spiro atoms. The molecule has 40 heavy (non-hydrogen) atoms. The molecule has 2 unspecified atom stereocenters. The summed E-state index contributed by atoms with van der Waals surface area (Å²) in [7, 11) is 0. The first kappa shape index (κ1) is 29.8. The fourth-order valence-electron chi connectivity index (χ4n) is 4.63. The van der Waals surface area contributed by atoms with E-state index in [2.05, 4.69) is 26.2 Å². The summed E-state index contributed by atoms with van der Waals surface area (Å²) in [4.78, 5) is 50.0. The highest BCUT2D eigenvalue weighted by Gasteiger charge is 2.39. The number of carboxylic acid groups (broad SMARTS) is 1. The summed E-state index contributed by atoms with van der Waals surface area (Å²) in [6.07, 6.45) is 0.786. The number of morpholine rings is 1. The van der Waals surface area contributed by atoms with Crippen molar-refractivity contribution in [3.05, 3.63) is 61.9 Å². The van der Waals surface area contributed by atoms with Crippen molar-refractivity contribution in [1.29, 1.82) is 0 Å². The van der Waals surface area contributed by atoms with Gasteiger partial charge < -0.3 is 24.8 Å². The number of nitrogens with zero attached hydrogens (tertiary/aromatic N) is 4. The summed E-state index contributed by atoms with van der Waals surface area (Å²) >= 11 is 4.80. The Morgan fingerprint density at radius 1 is 1.32 bits per heavy atom. The van der Waals surface area contributed by atoms with E-state index >= 15 is 0 Å². The van der Waals surface area contributed by atoms with E-state index in [-0.39, 0.29) is 38.4 Å². The van der Waals surface area contributed by atoms with Gasteiger partial charge in [0.2, 0.25) is 0 Å². The zero-order chi connectivity index (χ0) is 28.8. The largest absolute Gasteiger partial charge is 0.478 e. The van der Waals surface area contributed by atoms with Crippen LogP contribution in [0, 0.1) is 5.82 Å². The SMILES string of the molecule is CCOC(=O)CNC(=O)C1CN(CC2=C(C(=O)O)C(c3ccc(F)cc3Br)N(CC)C(c3nccs3)=N2)CCO1. The van der Waals surface area contributed by atoms with Crippen LogP contribution >= 0.6 is 27.3 Å². The van der Waals surface area contributed by atoms with E-state index < -0.39 is 35.8 Å². The standard InChI is InChI=1S/C26H29BrFN5O6S/c1-3-33-22(16-6-5-15(28)11-17(16)27)21(26(36)37)18(31-23(33)25-29-7-10-40-25)13-32-8-9-39-19(14-32)24(35)30-12-20(34)38-4-2/h5-7,10-11,19,22H,3-4,8-9,12-14H2,1-2H3,(H,30,35)(H,36,37).